The smallest absolute Gasteiger partial charge is 0.317 e. The zero-order chi connectivity index (χ0) is 20.1. The molecule has 3 rings (SSSR count). The monoisotopic (exact) mass is 409 g/mol. The van der Waals surface area contributed by atoms with Gasteiger partial charge in [-0.3, -0.25) is 0 Å². The summed E-state index contributed by atoms with van der Waals surface area (Å²) in [5.74, 6) is 0. The summed E-state index contributed by atoms with van der Waals surface area (Å²) >= 11 is 0. The van der Waals surface area contributed by atoms with E-state index in [2.05, 4.69) is 10.0 Å². The van der Waals surface area contributed by atoms with Crippen LogP contribution in [0.15, 0.2) is 23.1 Å². The molecule has 1 aliphatic carbocycles. The van der Waals surface area contributed by atoms with Gasteiger partial charge in [0, 0.05) is 25.7 Å². The summed E-state index contributed by atoms with van der Waals surface area (Å²) in [6.45, 7) is 2.88. The lowest BCUT2D eigenvalue weighted by atomic mass is 9.95. The minimum absolute atomic E-state index is 0.0548. The summed E-state index contributed by atoms with van der Waals surface area (Å²) in [4.78, 5) is 14.6. The van der Waals surface area contributed by atoms with Crippen LogP contribution in [0.2, 0.25) is 0 Å². The maximum atomic E-state index is 12.6. The molecule has 0 bridgehead atoms. The van der Waals surface area contributed by atoms with Gasteiger partial charge in [-0.2, -0.15) is 0 Å². The summed E-state index contributed by atoms with van der Waals surface area (Å²) in [5, 5.41) is 12.4. The molecule has 7 nitrogen and oxygen atoms in total. The van der Waals surface area contributed by atoms with E-state index in [1.807, 2.05) is 6.07 Å². The number of urea groups is 1. The molecule has 0 unspecified atom stereocenters. The highest BCUT2D eigenvalue weighted by Gasteiger charge is 2.25. The molecule has 1 aromatic carbocycles. The fourth-order valence-corrected chi connectivity index (χ4v) is 4.97. The number of hydrogen-bond donors (Lipinski definition) is 3. The van der Waals surface area contributed by atoms with Crippen molar-refractivity contribution in [1.29, 1.82) is 0 Å². The second-order valence-corrected chi connectivity index (χ2v) is 9.69. The van der Waals surface area contributed by atoms with Crippen LogP contribution in [0.1, 0.15) is 56.6 Å². The van der Waals surface area contributed by atoms with E-state index in [1.165, 1.54) is 6.42 Å². The van der Waals surface area contributed by atoms with E-state index in [9.17, 15) is 18.3 Å². The summed E-state index contributed by atoms with van der Waals surface area (Å²) < 4.78 is 27.5. The molecule has 2 aliphatic rings. The number of hydrogen-bond acceptors (Lipinski definition) is 4. The number of fused-ring (bicyclic) bond motifs is 1. The zero-order valence-electron chi connectivity index (χ0n) is 16.5. The molecule has 1 aliphatic heterocycles. The predicted molar refractivity (Wildman–Crippen MR) is 107 cm³/mol. The van der Waals surface area contributed by atoms with Crippen molar-refractivity contribution in [2.45, 2.75) is 75.5 Å². The van der Waals surface area contributed by atoms with E-state index in [4.69, 9.17) is 0 Å². The fourth-order valence-electron chi connectivity index (χ4n) is 3.87. The third kappa shape index (κ3) is 5.46. The normalized spacial score (nSPS) is 19.1. The Morgan fingerprint density at radius 3 is 2.71 bits per heavy atom. The SMILES string of the molecule is C[C@H](O)CCNS(=O)(=O)c1ccc2c(c1)CN(C(=O)NC1CCCCC1)CC2. The summed E-state index contributed by atoms with van der Waals surface area (Å²) in [6.07, 6.45) is 6.18. The number of amides is 2. The Balaban J connectivity index is 1.65. The van der Waals surface area contributed by atoms with Crippen LogP contribution in [0, 0.1) is 0 Å². The maximum absolute atomic E-state index is 12.6. The van der Waals surface area contributed by atoms with Crippen molar-refractivity contribution < 1.29 is 18.3 Å². The largest absolute Gasteiger partial charge is 0.393 e. The van der Waals surface area contributed by atoms with Crippen molar-refractivity contribution in [2.24, 2.45) is 0 Å². The molecule has 2 amide bonds. The molecule has 156 valence electrons. The minimum Gasteiger partial charge on any atom is -0.393 e. The van der Waals surface area contributed by atoms with Crippen LogP contribution in [0.25, 0.3) is 0 Å². The summed E-state index contributed by atoms with van der Waals surface area (Å²) in [6, 6.07) is 5.32. The number of benzene rings is 1. The molecule has 3 N–H and O–H groups in total. The first kappa shape index (κ1) is 21.1. The van der Waals surface area contributed by atoms with E-state index < -0.39 is 16.1 Å². The van der Waals surface area contributed by atoms with Gasteiger partial charge in [0.15, 0.2) is 0 Å². The second kappa shape index (κ2) is 9.24. The van der Waals surface area contributed by atoms with E-state index >= 15 is 0 Å². The van der Waals surface area contributed by atoms with Gasteiger partial charge in [0.1, 0.15) is 0 Å². The molecule has 0 aromatic heterocycles. The predicted octanol–water partition coefficient (Wildman–Crippen LogP) is 2.14. The molecular weight excluding hydrogens is 378 g/mol. The van der Waals surface area contributed by atoms with Crippen molar-refractivity contribution in [3.63, 3.8) is 0 Å². The Kier molecular flexibility index (Phi) is 6.95. The minimum atomic E-state index is -3.63. The third-order valence-electron chi connectivity index (χ3n) is 5.57. The Labute approximate surface area is 167 Å². The molecule has 28 heavy (non-hydrogen) atoms. The summed E-state index contributed by atoms with van der Waals surface area (Å²) in [5.41, 5.74) is 1.97. The lowest BCUT2D eigenvalue weighted by molar-refractivity contribution is 0.184. The van der Waals surface area contributed by atoms with E-state index in [1.54, 1.807) is 24.0 Å². The van der Waals surface area contributed by atoms with Gasteiger partial charge in [-0.05, 0) is 55.9 Å². The Morgan fingerprint density at radius 1 is 1.25 bits per heavy atom. The van der Waals surface area contributed by atoms with Crippen LogP contribution in [0.5, 0.6) is 0 Å². The van der Waals surface area contributed by atoms with Crippen molar-refractivity contribution in [1.82, 2.24) is 14.9 Å². The number of aliphatic hydroxyl groups is 1. The lowest BCUT2D eigenvalue weighted by Gasteiger charge is -2.32. The van der Waals surface area contributed by atoms with Crippen molar-refractivity contribution in [2.75, 3.05) is 13.1 Å². The maximum Gasteiger partial charge on any atom is 0.317 e. The first-order valence-corrected chi connectivity index (χ1v) is 11.7. The average molecular weight is 410 g/mol. The highest BCUT2D eigenvalue weighted by Crippen LogP contribution is 2.23. The first-order valence-electron chi connectivity index (χ1n) is 10.2. The number of sulfonamides is 1. The van der Waals surface area contributed by atoms with Crippen molar-refractivity contribution >= 4 is 16.1 Å². The number of rotatable bonds is 6. The van der Waals surface area contributed by atoms with Crippen LogP contribution < -0.4 is 10.0 Å². The molecule has 1 fully saturated rings. The van der Waals surface area contributed by atoms with Gasteiger partial charge in [-0.15, -0.1) is 0 Å². The van der Waals surface area contributed by atoms with Crippen molar-refractivity contribution in [3.05, 3.63) is 29.3 Å². The molecule has 1 heterocycles. The topological polar surface area (TPSA) is 98.7 Å². The molecule has 0 radical (unpaired) electrons. The lowest BCUT2D eigenvalue weighted by Crippen LogP contribution is -2.47. The zero-order valence-corrected chi connectivity index (χ0v) is 17.3. The van der Waals surface area contributed by atoms with E-state index in [-0.39, 0.29) is 23.5 Å². The number of carbonyl (C=O) groups is 1. The Bertz CT molecular complexity index is 789. The van der Waals surface area contributed by atoms with Gasteiger partial charge in [-0.25, -0.2) is 17.9 Å². The molecule has 1 aromatic rings. The van der Waals surface area contributed by atoms with Gasteiger partial charge in [-0.1, -0.05) is 25.3 Å². The van der Waals surface area contributed by atoms with Crippen LogP contribution >= 0.6 is 0 Å². The number of carbonyl (C=O) groups excluding carboxylic acids is 1. The second-order valence-electron chi connectivity index (χ2n) is 7.92. The van der Waals surface area contributed by atoms with E-state index in [0.717, 1.165) is 43.2 Å². The summed E-state index contributed by atoms with van der Waals surface area (Å²) in [7, 11) is -3.63. The fraction of sp³-hybridized carbons (Fsp3) is 0.650. The van der Waals surface area contributed by atoms with Crippen LogP contribution in [-0.4, -0.2) is 49.7 Å². The molecule has 1 saturated carbocycles. The quantitative estimate of drug-likeness (QED) is 0.670. The van der Waals surface area contributed by atoms with Crippen LogP contribution in [-0.2, 0) is 23.0 Å². The highest BCUT2D eigenvalue weighted by atomic mass is 32.2. The van der Waals surface area contributed by atoms with Crippen LogP contribution in [0.3, 0.4) is 0 Å². The van der Waals surface area contributed by atoms with Gasteiger partial charge in [0.25, 0.3) is 0 Å². The van der Waals surface area contributed by atoms with Crippen LogP contribution in [0.4, 0.5) is 4.79 Å². The van der Waals surface area contributed by atoms with Gasteiger partial charge in [0.05, 0.1) is 11.0 Å². The number of nitrogens with one attached hydrogen (secondary N) is 2. The van der Waals surface area contributed by atoms with Crippen molar-refractivity contribution in [3.8, 4) is 0 Å². The Hall–Kier alpha value is -1.64. The van der Waals surface area contributed by atoms with Gasteiger partial charge < -0.3 is 15.3 Å². The molecular formula is C20H31N3O4S. The molecule has 1 atom stereocenters. The van der Waals surface area contributed by atoms with Gasteiger partial charge in [0.2, 0.25) is 10.0 Å². The molecule has 8 heteroatoms. The highest BCUT2D eigenvalue weighted by molar-refractivity contribution is 7.89. The first-order chi connectivity index (χ1) is 13.3. The number of aliphatic hydroxyl groups excluding tert-OH is 1. The standard InChI is InChI=1S/C20H31N3O4S/c1-15(24)9-11-21-28(26,27)19-8-7-16-10-12-23(14-17(16)13-19)20(25)22-18-5-3-2-4-6-18/h7-8,13,15,18,21,24H,2-6,9-12,14H2,1H3,(H,22,25)/t15-/m0/s1. The third-order valence-corrected chi connectivity index (χ3v) is 7.03. The average Bonchev–Trinajstić information content (AvgIpc) is 2.67. The molecule has 0 saturated heterocycles. The number of nitrogens with zero attached hydrogens (tertiary/aromatic N) is 1. The van der Waals surface area contributed by atoms with Gasteiger partial charge >= 0.3 is 6.03 Å². The van der Waals surface area contributed by atoms with E-state index in [0.29, 0.717) is 19.5 Å². The Morgan fingerprint density at radius 2 is 2.00 bits per heavy atom. The molecule has 0 spiro atoms.